The fraction of sp³-hybridized carbons (Fsp3) is 0.107. The lowest BCUT2D eigenvalue weighted by Crippen LogP contribution is -2.38. The molecule has 1 N–H and O–H groups in total. The van der Waals surface area contributed by atoms with Crippen LogP contribution in [0.5, 0.6) is 23.0 Å². The highest BCUT2D eigenvalue weighted by molar-refractivity contribution is 7.93. The Morgan fingerprint density at radius 1 is 0.902 bits per heavy atom. The minimum atomic E-state index is -4.68. The highest BCUT2D eigenvalue weighted by Gasteiger charge is 2.35. The Hall–Kier alpha value is -4.81. The first-order valence-corrected chi connectivity index (χ1v) is 13.8. The molecule has 0 heterocycles. The van der Waals surface area contributed by atoms with Gasteiger partial charge in [-0.1, -0.05) is 41.9 Å². The molecule has 0 radical (unpaired) electrons. The number of ether oxygens (including phenoxy) is 3. The zero-order valence-electron chi connectivity index (χ0n) is 21.8. The summed E-state index contributed by atoms with van der Waals surface area (Å²) in [4.78, 5) is 23.7. The number of carbonyl (C=O) groups is 1. The van der Waals surface area contributed by atoms with Gasteiger partial charge < -0.3 is 19.5 Å². The van der Waals surface area contributed by atoms with E-state index in [0.29, 0.717) is 16.5 Å². The average molecular weight is 598 g/mol. The second-order valence-electron chi connectivity index (χ2n) is 8.38. The number of carbonyl (C=O) groups excluding carboxylic acids is 1. The molecule has 212 valence electrons. The summed E-state index contributed by atoms with van der Waals surface area (Å²) in [6.07, 6.45) is 0. The molecule has 4 aromatic carbocycles. The summed E-state index contributed by atoms with van der Waals surface area (Å²) >= 11 is 6.17. The summed E-state index contributed by atoms with van der Waals surface area (Å²) < 4.78 is 45.1. The van der Waals surface area contributed by atoms with Crippen LogP contribution in [0.15, 0.2) is 95.9 Å². The molecule has 0 bridgehead atoms. The van der Waals surface area contributed by atoms with Crippen LogP contribution in [0, 0.1) is 10.1 Å². The fourth-order valence-electron chi connectivity index (χ4n) is 3.86. The highest BCUT2D eigenvalue weighted by Crippen LogP contribution is 2.38. The second-order valence-corrected chi connectivity index (χ2v) is 10.6. The maximum atomic E-state index is 13.9. The second kappa shape index (κ2) is 12.6. The van der Waals surface area contributed by atoms with Crippen LogP contribution in [0.2, 0.25) is 5.02 Å². The predicted molar refractivity (Wildman–Crippen MR) is 154 cm³/mol. The Morgan fingerprint density at radius 2 is 1.61 bits per heavy atom. The number of amides is 1. The summed E-state index contributed by atoms with van der Waals surface area (Å²) in [5, 5.41) is 14.6. The number of nitro groups is 1. The summed E-state index contributed by atoms with van der Waals surface area (Å²) in [7, 11) is -1.95. The van der Waals surface area contributed by atoms with E-state index in [1.54, 1.807) is 36.4 Å². The summed E-state index contributed by atoms with van der Waals surface area (Å²) in [5.41, 5.74) is -0.525. The molecule has 1 amide bonds. The van der Waals surface area contributed by atoms with E-state index < -0.39 is 38.0 Å². The molecule has 0 aliphatic rings. The lowest BCUT2D eigenvalue weighted by Gasteiger charge is -2.26. The van der Waals surface area contributed by atoms with E-state index in [0.717, 1.165) is 16.4 Å². The molecule has 0 atom stereocenters. The van der Waals surface area contributed by atoms with Gasteiger partial charge >= 0.3 is 0 Å². The number of benzene rings is 4. The van der Waals surface area contributed by atoms with Crippen LogP contribution in [0.25, 0.3) is 0 Å². The molecule has 13 heteroatoms. The maximum absolute atomic E-state index is 13.9. The molecule has 41 heavy (non-hydrogen) atoms. The van der Waals surface area contributed by atoms with Crippen molar-refractivity contribution in [1.29, 1.82) is 0 Å². The Morgan fingerprint density at radius 3 is 2.29 bits per heavy atom. The predicted octanol–water partition coefficient (Wildman–Crippen LogP) is 5.89. The van der Waals surface area contributed by atoms with Crippen molar-refractivity contribution in [2.75, 3.05) is 30.4 Å². The molecule has 0 aromatic heterocycles. The van der Waals surface area contributed by atoms with Gasteiger partial charge in [-0.15, -0.1) is 0 Å². The normalized spacial score (nSPS) is 10.9. The van der Waals surface area contributed by atoms with Gasteiger partial charge in [0.1, 0.15) is 23.8 Å². The quantitative estimate of drug-likeness (QED) is 0.167. The van der Waals surface area contributed by atoms with Gasteiger partial charge in [0.15, 0.2) is 10.6 Å². The van der Waals surface area contributed by atoms with Crippen molar-refractivity contribution < 1.29 is 32.3 Å². The van der Waals surface area contributed by atoms with Crippen LogP contribution in [0.1, 0.15) is 0 Å². The number of para-hydroxylation sites is 2. The van der Waals surface area contributed by atoms with Crippen molar-refractivity contribution in [3.8, 4) is 23.0 Å². The fourth-order valence-corrected chi connectivity index (χ4v) is 5.62. The standard InChI is InChI=1S/C28H24ClN3O8S/c1-38-21-13-14-23(26(17-21)39-2)31(41(36,37)27-11-7-6-10-24(27)32(34)35)18-28(33)30-22-16-19(29)12-15-25(22)40-20-8-4-3-5-9-20/h3-17H,18H2,1-2H3,(H,30,33). The zero-order chi connectivity index (χ0) is 29.6. The first-order valence-electron chi connectivity index (χ1n) is 11.9. The summed E-state index contributed by atoms with van der Waals surface area (Å²) in [6, 6.07) is 22.5. The molecule has 0 spiro atoms. The van der Waals surface area contributed by atoms with Crippen LogP contribution in [-0.4, -0.2) is 40.0 Å². The lowest BCUT2D eigenvalue weighted by atomic mass is 10.2. The number of nitro benzene ring substituents is 1. The van der Waals surface area contributed by atoms with Crippen molar-refractivity contribution in [3.63, 3.8) is 0 Å². The lowest BCUT2D eigenvalue weighted by molar-refractivity contribution is -0.387. The van der Waals surface area contributed by atoms with Gasteiger partial charge in [-0.05, 0) is 48.5 Å². The Labute approximate surface area is 241 Å². The summed E-state index contributed by atoms with van der Waals surface area (Å²) in [6.45, 7) is -0.783. The molecular formula is C28H24ClN3O8S. The van der Waals surface area contributed by atoms with Gasteiger partial charge in [0.05, 0.1) is 30.5 Å². The van der Waals surface area contributed by atoms with Crippen molar-refractivity contribution in [2.24, 2.45) is 0 Å². The number of rotatable bonds is 11. The third kappa shape index (κ3) is 6.68. The van der Waals surface area contributed by atoms with Crippen LogP contribution < -0.4 is 23.8 Å². The number of anilines is 2. The number of nitrogens with one attached hydrogen (secondary N) is 1. The first kappa shape index (κ1) is 29.2. The smallest absolute Gasteiger partial charge is 0.289 e. The Kier molecular flexibility index (Phi) is 8.95. The number of hydrogen-bond acceptors (Lipinski definition) is 8. The minimum Gasteiger partial charge on any atom is -0.497 e. The van der Waals surface area contributed by atoms with Crippen molar-refractivity contribution in [3.05, 3.63) is 106 Å². The van der Waals surface area contributed by atoms with Gasteiger partial charge in [-0.25, -0.2) is 8.42 Å². The van der Waals surface area contributed by atoms with Crippen LogP contribution in [0.4, 0.5) is 17.1 Å². The molecule has 0 saturated carbocycles. The van der Waals surface area contributed by atoms with Crippen molar-refractivity contribution in [1.82, 2.24) is 0 Å². The van der Waals surface area contributed by atoms with Gasteiger partial charge in [0, 0.05) is 17.2 Å². The topological polar surface area (TPSA) is 137 Å². The van der Waals surface area contributed by atoms with Crippen LogP contribution in [0.3, 0.4) is 0 Å². The number of sulfonamides is 1. The van der Waals surface area contributed by atoms with Gasteiger partial charge in [0.25, 0.3) is 15.7 Å². The molecule has 0 aliphatic heterocycles. The highest BCUT2D eigenvalue weighted by atomic mass is 35.5. The van der Waals surface area contributed by atoms with Crippen LogP contribution in [-0.2, 0) is 14.8 Å². The Bertz CT molecular complexity index is 1680. The van der Waals surface area contributed by atoms with E-state index in [2.05, 4.69) is 5.32 Å². The van der Waals surface area contributed by atoms with Crippen LogP contribution >= 0.6 is 11.6 Å². The molecule has 0 saturated heterocycles. The molecule has 0 unspecified atom stereocenters. The van der Waals surface area contributed by atoms with E-state index in [1.165, 1.54) is 50.6 Å². The monoisotopic (exact) mass is 597 g/mol. The third-order valence-electron chi connectivity index (χ3n) is 5.76. The number of nitrogens with zero attached hydrogens (tertiary/aromatic N) is 2. The van der Waals surface area contributed by atoms with E-state index in [9.17, 15) is 23.3 Å². The van der Waals surface area contributed by atoms with E-state index in [4.69, 9.17) is 25.8 Å². The van der Waals surface area contributed by atoms with E-state index >= 15 is 0 Å². The Balaban J connectivity index is 1.75. The molecular weight excluding hydrogens is 574 g/mol. The summed E-state index contributed by atoms with van der Waals surface area (Å²) in [5.74, 6) is 0.373. The average Bonchev–Trinajstić information content (AvgIpc) is 2.97. The van der Waals surface area contributed by atoms with Crippen molar-refractivity contribution >= 4 is 44.6 Å². The van der Waals surface area contributed by atoms with Gasteiger partial charge in [0.2, 0.25) is 5.91 Å². The number of methoxy groups -OCH3 is 2. The molecule has 4 rings (SSSR count). The van der Waals surface area contributed by atoms with Gasteiger partial charge in [-0.3, -0.25) is 19.2 Å². The SMILES string of the molecule is COc1ccc(N(CC(=O)Nc2cc(Cl)ccc2Oc2ccccc2)S(=O)(=O)c2ccccc2[N+](=O)[O-])c(OC)c1. The largest absolute Gasteiger partial charge is 0.497 e. The van der Waals surface area contributed by atoms with Gasteiger partial charge in [-0.2, -0.15) is 0 Å². The third-order valence-corrected chi connectivity index (χ3v) is 7.80. The molecule has 11 nitrogen and oxygen atoms in total. The molecule has 0 fully saturated rings. The first-order chi connectivity index (χ1) is 19.6. The zero-order valence-corrected chi connectivity index (χ0v) is 23.4. The molecule has 4 aromatic rings. The number of halogens is 1. The van der Waals surface area contributed by atoms with E-state index in [1.807, 2.05) is 6.07 Å². The maximum Gasteiger partial charge on any atom is 0.289 e. The minimum absolute atomic E-state index is 0.0477. The number of hydrogen-bond donors (Lipinski definition) is 1. The molecule has 0 aliphatic carbocycles. The van der Waals surface area contributed by atoms with Crippen molar-refractivity contribution in [2.45, 2.75) is 4.90 Å². The van der Waals surface area contributed by atoms with E-state index in [-0.39, 0.29) is 22.9 Å².